The summed E-state index contributed by atoms with van der Waals surface area (Å²) < 4.78 is 45.1. The number of hydrogen-bond acceptors (Lipinski definition) is 4. The first kappa shape index (κ1) is 14.2. The van der Waals surface area contributed by atoms with Crippen molar-refractivity contribution in [3.8, 4) is 0 Å². The predicted octanol–water partition coefficient (Wildman–Crippen LogP) is 1.13. The van der Waals surface area contributed by atoms with E-state index in [1.807, 2.05) is 0 Å². The Kier molecular flexibility index (Phi) is 3.80. The van der Waals surface area contributed by atoms with Crippen molar-refractivity contribution in [1.29, 1.82) is 0 Å². The summed E-state index contributed by atoms with van der Waals surface area (Å²) in [6.07, 6.45) is 0. The number of anilines is 1. The summed E-state index contributed by atoms with van der Waals surface area (Å²) in [5, 5.41) is 0. The molecule has 0 amide bonds. The highest BCUT2D eigenvalue weighted by molar-refractivity contribution is 7.89. The minimum absolute atomic E-state index is 0.0256. The summed E-state index contributed by atoms with van der Waals surface area (Å²) in [5.41, 5.74) is 5.57. The van der Waals surface area contributed by atoms with Crippen LogP contribution in [0.15, 0.2) is 17.0 Å². The van der Waals surface area contributed by atoms with Crippen LogP contribution < -0.4 is 5.73 Å². The van der Waals surface area contributed by atoms with Crippen molar-refractivity contribution in [2.24, 2.45) is 0 Å². The van der Waals surface area contributed by atoms with Crippen molar-refractivity contribution in [1.82, 2.24) is 4.31 Å². The van der Waals surface area contributed by atoms with Gasteiger partial charge in [-0.15, -0.1) is 0 Å². The largest absolute Gasteiger partial charge is 0.396 e. The van der Waals surface area contributed by atoms with E-state index >= 15 is 0 Å². The van der Waals surface area contributed by atoms with Crippen LogP contribution in [0.1, 0.15) is 12.5 Å². The lowest BCUT2D eigenvalue weighted by Gasteiger charge is -2.32. The summed E-state index contributed by atoms with van der Waals surface area (Å²) in [5.74, 6) is -0.575. The van der Waals surface area contributed by atoms with E-state index in [0.29, 0.717) is 19.8 Å². The molecule has 0 aliphatic carbocycles. The van der Waals surface area contributed by atoms with Crippen LogP contribution in [0.2, 0.25) is 0 Å². The van der Waals surface area contributed by atoms with E-state index in [2.05, 4.69) is 0 Å². The minimum Gasteiger partial charge on any atom is -0.396 e. The van der Waals surface area contributed by atoms with Crippen molar-refractivity contribution in [2.45, 2.75) is 24.8 Å². The Hall–Kier alpha value is -1.18. The van der Waals surface area contributed by atoms with Gasteiger partial charge in [-0.1, -0.05) is 0 Å². The lowest BCUT2D eigenvalue weighted by atomic mass is 10.2. The molecule has 0 bridgehead atoms. The van der Waals surface area contributed by atoms with Gasteiger partial charge in [0.15, 0.2) is 0 Å². The molecule has 5 nitrogen and oxygen atoms in total. The fourth-order valence-electron chi connectivity index (χ4n) is 2.12. The number of nitrogens with zero attached hydrogens (tertiary/aromatic N) is 1. The number of rotatable bonds is 2. The molecule has 1 aliphatic rings. The van der Waals surface area contributed by atoms with Crippen molar-refractivity contribution in [2.75, 3.05) is 25.5 Å². The monoisotopic (exact) mass is 288 g/mol. The van der Waals surface area contributed by atoms with Gasteiger partial charge in [-0.25, -0.2) is 12.8 Å². The van der Waals surface area contributed by atoms with Gasteiger partial charge in [-0.05, 0) is 31.5 Å². The number of nitrogen functional groups attached to an aromatic ring is 1. The van der Waals surface area contributed by atoms with Crippen molar-refractivity contribution < 1.29 is 17.5 Å². The standard InChI is InChI=1S/C12H17FN2O3S/c1-8-5-10(6-11(14)12(8)13)19(16,17)15-3-4-18-7-9(15)2/h5-6,9H,3-4,7,14H2,1-2H3. The summed E-state index contributed by atoms with van der Waals surface area (Å²) in [6, 6.07) is 2.23. The number of nitrogens with two attached hydrogens (primary N) is 1. The third kappa shape index (κ3) is 2.58. The molecular formula is C12H17FN2O3S. The van der Waals surface area contributed by atoms with E-state index in [0.717, 1.165) is 0 Å². The Bertz CT molecular complexity index is 566. The average Bonchev–Trinajstić information content (AvgIpc) is 2.35. The lowest BCUT2D eigenvalue weighted by molar-refractivity contribution is 0.0393. The molecule has 2 N–H and O–H groups in total. The molecule has 1 saturated heterocycles. The molecule has 0 saturated carbocycles. The molecule has 1 aromatic carbocycles. The van der Waals surface area contributed by atoms with Crippen LogP contribution in [0.5, 0.6) is 0 Å². The third-order valence-electron chi connectivity index (χ3n) is 3.17. The molecule has 1 aromatic rings. The summed E-state index contributed by atoms with van der Waals surface area (Å²) >= 11 is 0. The number of ether oxygens (including phenoxy) is 1. The van der Waals surface area contributed by atoms with Gasteiger partial charge in [-0.3, -0.25) is 0 Å². The average molecular weight is 288 g/mol. The fourth-order valence-corrected chi connectivity index (χ4v) is 3.84. The number of benzene rings is 1. The number of sulfonamides is 1. The van der Waals surface area contributed by atoms with E-state index in [1.165, 1.54) is 23.4 Å². The van der Waals surface area contributed by atoms with Gasteiger partial charge in [0.2, 0.25) is 10.0 Å². The number of hydrogen-bond donors (Lipinski definition) is 1. The zero-order valence-electron chi connectivity index (χ0n) is 10.9. The molecule has 106 valence electrons. The van der Waals surface area contributed by atoms with Crippen molar-refractivity contribution >= 4 is 15.7 Å². The number of halogens is 1. The van der Waals surface area contributed by atoms with E-state index < -0.39 is 15.8 Å². The maximum Gasteiger partial charge on any atom is 0.243 e. The summed E-state index contributed by atoms with van der Waals surface area (Å²) in [4.78, 5) is 0.0256. The summed E-state index contributed by atoms with van der Waals surface area (Å²) in [7, 11) is -3.67. The van der Waals surface area contributed by atoms with E-state index in [-0.39, 0.29) is 22.2 Å². The maximum absolute atomic E-state index is 13.5. The molecule has 0 radical (unpaired) electrons. The van der Waals surface area contributed by atoms with Crippen molar-refractivity contribution in [3.63, 3.8) is 0 Å². The molecule has 0 aromatic heterocycles. The van der Waals surface area contributed by atoms with Gasteiger partial charge < -0.3 is 10.5 Å². The van der Waals surface area contributed by atoms with Crippen LogP contribution in [0.3, 0.4) is 0 Å². The van der Waals surface area contributed by atoms with Gasteiger partial charge in [0.1, 0.15) is 5.82 Å². The topological polar surface area (TPSA) is 72.6 Å². The normalized spacial score (nSPS) is 21.5. The molecule has 7 heteroatoms. The molecule has 2 rings (SSSR count). The fraction of sp³-hybridized carbons (Fsp3) is 0.500. The zero-order chi connectivity index (χ0) is 14.2. The van der Waals surface area contributed by atoms with Crippen LogP contribution in [-0.2, 0) is 14.8 Å². The molecule has 19 heavy (non-hydrogen) atoms. The van der Waals surface area contributed by atoms with Crippen LogP contribution in [0.25, 0.3) is 0 Å². The van der Waals surface area contributed by atoms with Gasteiger partial charge in [0.25, 0.3) is 0 Å². The van der Waals surface area contributed by atoms with Crippen LogP contribution in [-0.4, -0.2) is 38.5 Å². The SMILES string of the molecule is Cc1cc(S(=O)(=O)N2CCOCC2C)cc(N)c1F. The third-order valence-corrected chi connectivity index (χ3v) is 5.16. The van der Waals surface area contributed by atoms with Crippen LogP contribution >= 0.6 is 0 Å². The smallest absolute Gasteiger partial charge is 0.243 e. The highest BCUT2D eigenvalue weighted by atomic mass is 32.2. The first-order valence-corrected chi connectivity index (χ1v) is 7.43. The highest BCUT2D eigenvalue weighted by Crippen LogP contribution is 2.25. The maximum atomic E-state index is 13.5. The quantitative estimate of drug-likeness (QED) is 0.828. The van der Waals surface area contributed by atoms with E-state index in [9.17, 15) is 12.8 Å². The number of aryl methyl sites for hydroxylation is 1. The molecule has 1 unspecified atom stereocenters. The van der Waals surface area contributed by atoms with Crippen LogP contribution in [0.4, 0.5) is 10.1 Å². The first-order valence-electron chi connectivity index (χ1n) is 5.99. The Balaban J connectivity index is 2.44. The van der Waals surface area contributed by atoms with E-state index in [1.54, 1.807) is 6.92 Å². The zero-order valence-corrected chi connectivity index (χ0v) is 11.7. The molecule has 1 fully saturated rings. The number of morpholine rings is 1. The van der Waals surface area contributed by atoms with Gasteiger partial charge >= 0.3 is 0 Å². The highest BCUT2D eigenvalue weighted by Gasteiger charge is 2.32. The van der Waals surface area contributed by atoms with Gasteiger partial charge in [0.05, 0.1) is 23.8 Å². The molecule has 1 atom stereocenters. The Morgan fingerprint density at radius 1 is 1.47 bits per heavy atom. The minimum atomic E-state index is -3.67. The Morgan fingerprint density at radius 2 is 2.16 bits per heavy atom. The Morgan fingerprint density at radius 3 is 2.74 bits per heavy atom. The summed E-state index contributed by atoms with van der Waals surface area (Å²) in [6.45, 7) is 4.28. The predicted molar refractivity (Wildman–Crippen MR) is 69.7 cm³/mol. The van der Waals surface area contributed by atoms with E-state index in [4.69, 9.17) is 10.5 Å². The second-order valence-corrected chi connectivity index (χ2v) is 6.57. The van der Waals surface area contributed by atoms with Gasteiger partial charge in [-0.2, -0.15) is 4.31 Å². The second-order valence-electron chi connectivity index (χ2n) is 4.68. The van der Waals surface area contributed by atoms with Gasteiger partial charge in [0, 0.05) is 12.6 Å². The molecule has 0 spiro atoms. The first-order chi connectivity index (χ1) is 8.84. The molecule has 1 aliphatic heterocycles. The molecular weight excluding hydrogens is 271 g/mol. The van der Waals surface area contributed by atoms with Crippen LogP contribution in [0, 0.1) is 12.7 Å². The Labute approximate surface area is 112 Å². The lowest BCUT2D eigenvalue weighted by Crippen LogP contribution is -2.46. The second kappa shape index (κ2) is 5.07. The molecule has 1 heterocycles. The van der Waals surface area contributed by atoms with Crippen molar-refractivity contribution in [3.05, 3.63) is 23.5 Å².